The highest BCUT2D eigenvalue weighted by molar-refractivity contribution is 7.99. The summed E-state index contributed by atoms with van der Waals surface area (Å²) >= 11 is 1.50. The number of aryl methyl sites for hydroxylation is 2. The van der Waals surface area contributed by atoms with Crippen molar-refractivity contribution in [2.45, 2.75) is 70.2 Å². The smallest absolute Gasteiger partial charge is 0.304 e. The highest BCUT2D eigenvalue weighted by atomic mass is 32.2. The first-order valence-electron chi connectivity index (χ1n) is 12.5. The third-order valence-corrected chi connectivity index (χ3v) is 7.23. The van der Waals surface area contributed by atoms with Crippen LogP contribution in [0.15, 0.2) is 60.7 Å². The number of benzene rings is 3. The maximum absolute atomic E-state index is 13.4. The molecule has 3 aromatic rings. The van der Waals surface area contributed by atoms with Gasteiger partial charge in [0.15, 0.2) is 0 Å². The molecular weight excluding hydrogens is 491 g/mol. The fraction of sp³-hybridized carbons (Fsp3) is 0.367. The third-order valence-electron chi connectivity index (χ3n) is 5.92. The number of hydrogen-bond acceptors (Lipinski definition) is 5. The lowest BCUT2D eigenvalue weighted by Gasteiger charge is -2.24. The van der Waals surface area contributed by atoms with Gasteiger partial charge in [-0.15, -0.1) is 0 Å². The van der Waals surface area contributed by atoms with Crippen molar-refractivity contribution in [3.05, 3.63) is 88.7 Å². The number of carbonyl (C=O) groups is 1. The molecule has 3 atom stereocenters. The van der Waals surface area contributed by atoms with Crippen molar-refractivity contribution >= 4 is 17.7 Å². The summed E-state index contributed by atoms with van der Waals surface area (Å²) < 4.78 is 26.2. The van der Waals surface area contributed by atoms with Gasteiger partial charge in [0, 0.05) is 22.1 Å². The number of thioether (sulfide) groups is 1. The molecule has 0 fully saturated rings. The van der Waals surface area contributed by atoms with E-state index >= 15 is 0 Å². The molecule has 198 valence electrons. The van der Waals surface area contributed by atoms with E-state index in [1.165, 1.54) is 23.9 Å². The first-order valence-corrected chi connectivity index (χ1v) is 13.5. The summed E-state index contributed by atoms with van der Waals surface area (Å²) in [6, 6.07) is 17.8. The lowest BCUT2D eigenvalue weighted by atomic mass is 9.99. The van der Waals surface area contributed by atoms with Gasteiger partial charge in [0.1, 0.15) is 29.2 Å². The third kappa shape index (κ3) is 8.51. The number of aliphatic hydroxyl groups excluding tert-OH is 1. The van der Waals surface area contributed by atoms with Crippen LogP contribution in [0.1, 0.15) is 61.5 Å². The molecule has 0 aliphatic rings. The monoisotopic (exact) mass is 526 g/mol. The zero-order valence-electron chi connectivity index (χ0n) is 21.7. The highest BCUT2D eigenvalue weighted by Gasteiger charge is 2.22. The van der Waals surface area contributed by atoms with Crippen LogP contribution in [-0.2, 0) is 10.5 Å². The van der Waals surface area contributed by atoms with Crippen LogP contribution in [0.3, 0.4) is 0 Å². The van der Waals surface area contributed by atoms with Gasteiger partial charge in [-0.3, -0.25) is 4.79 Å². The maximum atomic E-state index is 13.4. The van der Waals surface area contributed by atoms with E-state index in [9.17, 15) is 19.4 Å². The Kier molecular flexibility index (Phi) is 10.4. The normalized spacial score (nSPS) is 13.6. The largest absolute Gasteiger partial charge is 0.486 e. The van der Waals surface area contributed by atoms with E-state index in [4.69, 9.17) is 9.47 Å². The summed E-state index contributed by atoms with van der Waals surface area (Å²) in [4.78, 5) is 11.3. The Bertz CT molecular complexity index is 1180. The average molecular weight is 527 g/mol. The maximum Gasteiger partial charge on any atom is 0.304 e. The van der Waals surface area contributed by atoms with Gasteiger partial charge in [-0.25, -0.2) is 4.39 Å². The molecule has 37 heavy (non-hydrogen) atoms. The average Bonchev–Trinajstić information content (AvgIpc) is 2.83. The number of para-hydroxylation sites is 1. The lowest BCUT2D eigenvalue weighted by molar-refractivity contribution is -0.137. The van der Waals surface area contributed by atoms with Crippen LogP contribution >= 0.6 is 11.8 Å². The Hall–Kier alpha value is -3.03. The zero-order chi connectivity index (χ0) is 26.9. The van der Waals surface area contributed by atoms with Crippen molar-refractivity contribution in [3.8, 4) is 17.2 Å². The second-order valence-corrected chi connectivity index (χ2v) is 10.6. The van der Waals surface area contributed by atoms with E-state index < -0.39 is 12.1 Å². The minimum Gasteiger partial charge on any atom is -0.486 e. The molecule has 3 aromatic carbocycles. The van der Waals surface area contributed by atoms with Gasteiger partial charge < -0.3 is 19.7 Å². The van der Waals surface area contributed by atoms with E-state index in [1.807, 2.05) is 45.0 Å². The first-order chi connectivity index (χ1) is 17.7. The minimum absolute atomic E-state index is 0.0152. The second kappa shape index (κ2) is 13.5. The molecular formula is C30H35FO5S. The molecule has 0 amide bonds. The fourth-order valence-corrected chi connectivity index (χ4v) is 5.56. The van der Waals surface area contributed by atoms with E-state index in [0.717, 1.165) is 22.3 Å². The molecule has 0 aromatic heterocycles. The Balaban J connectivity index is 1.88. The standard InChI is InChI=1S/C30H35FO5S/c1-5-27(35-24-12-10-23(31)11-13-24)26-15-19(2)14-20(3)30(26)36-28-9-7-6-8-22(28)18-37-25(16-21(4)32)17-29(33)34/h6-15,21,25,27,32H,5,16-18H2,1-4H3,(H,33,34)/t21-,25+,27?/m0/s1. The van der Waals surface area contributed by atoms with E-state index in [2.05, 4.69) is 12.1 Å². The predicted molar refractivity (Wildman–Crippen MR) is 146 cm³/mol. The van der Waals surface area contributed by atoms with E-state index in [-0.39, 0.29) is 23.6 Å². The predicted octanol–water partition coefficient (Wildman–Crippen LogP) is 7.61. The molecule has 0 spiro atoms. The van der Waals surface area contributed by atoms with Crippen LogP contribution in [0.5, 0.6) is 17.2 Å². The Morgan fingerprint density at radius 3 is 2.43 bits per heavy atom. The van der Waals surface area contributed by atoms with Crippen molar-refractivity contribution in [1.82, 2.24) is 0 Å². The van der Waals surface area contributed by atoms with Gasteiger partial charge in [-0.05, 0) is 75.6 Å². The first kappa shape index (κ1) is 28.5. The van der Waals surface area contributed by atoms with E-state index in [0.29, 0.717) is 35.8 Å². The molecule has 0 bridgehead atoms. The highest BCUT2D eigenvalue weighted by Crippen LogP contribution is 2.39. The van der Waals surface area contributed by atoms with E-state index in [1.54, 1.807) is 19.1 Å². The van der Waals surface area contributed by atoms with Crippen molar-refractivity contribution in [1.29, 1.82) is 0 Å². The lowest BCUT2D eigenvalue weighted by Crippen LogP contribution is -2.16. The van der Waals surface area contributed by atoms with Gasteiger partial charge >= 0.3 is 5.97 Å². The number of carboxylic acids is 1. The SMILES string of the molecule is CCC(Oc1ccc(F)cc1)c1cc(C)cc(C)c1Oc1ccccc1CS[C@@H](CC(=O)O)C[C@H](C)O. The Morgan fingerprint density at radius 1 is 1.08 bits per heavy atom. The quantitative estimate of drug-likeness (QED) is 0.239. The van der Waals surface area contributed by atoms with Gasteiger partial charge in [0.2, 0.25) is 0 Å². The molecule has 2 N–H and O–H groups in total. The van der Waals surface area contributed by atoms with Crippen LogP contribution < -0.4 is 9.47 Å². The fourth-order valence-electron chi connectivity index (χ4n) is 4.24. The number of hydrogen-bond donors (Lipinski definition) is 2. The molecule has 7 heteroatoms. The van der Waals surface area contributed by atoms with Gasteiger partial charge in [0.25, 0.3) is 0 Å². The molecule has 0 saturated carbocycles. The molecule has 5 nitrogen and oxygen atoms in total. The topological polar surface area (TPSA) is 76.0 Å². The summed E-state index contributed by atoms with van der Waals surface area (Å²) in [7, 11) is 0. The van der Waals surface area contributed by atoms with Gasteiger partial charge in [0.05, 0.1) is 12.5 Å². The van der Waals surface area contributed by atoms with Crippen LogP contribution in [0.2, 0.25) is 0 Å². The van der Waals surface area contributed by atoms with Crippen LogP contribution in [0.25, 0.3) is 0 Å². The summed E-state index contributed by atoms with van der Waals surface area (Å²) in [5, 5.41) is 18.9. The van der Waals surface area contributed by atoms with Crippen LogP contribution in [0.4, 0.5) is 4.39 Å². The van der Waals surface area contributed by atoms with Crippen molar-refractivity contribution < 1.29 is 28.9 Å². The number of aliphatic carboxylic acids is 1. The van der Waals surface area contributed by atoms with Crippen LogP contribution in [-0.4, -0.2) is 27.5 Å². The number of halogens is 1. The number of carboxylic acid groups (broad SMARTS) is 1. The molecule has 0 radical (unpaired) electrons. The molecule has 0 aliphatic carbocycles. The molecule has 0 heterocycles. The van der Waals surface area contributed by atoms with Gasteiger partial charge in [-0.2, -0.15) is 11.8 Å². The minimum atomic E-state index is -0.880. The van der Waals surface area contributed by atoms with Crippen molar-refractivity contribution in [3.63, 3.8) is 0 Å². The summed E-state index contributed by atoms with van der Waals surface area (Å²) in [5.41, 5.74) is 3.90. The zero-order valence-corrected chi connectivity index (χ0v) is 22.6. The molecule has 0 aliphatic heterocycles. The Labute approximate surface area is 222 Å². The number of aliphatic hydroxyl groups is 1. The summed E-state index contributed by atoms with van der Waals surface area (Å²) in [6.45, 7) is 7.73. The molecule has 0 saturated heterocycles. The summed E-state index contributed by atoms with van der Waals surface area (Å²) in [6.07, 6.45) is 0.197. The van der Waals surface area contributed by atoms with Crippen molar-refractivity contribution in [2.24, 2.45) is 0 Å². The molecule has 1 unspecified atom stereocenters. The number of rotatable bonds is 13. The van der Waals surface area contributed by atoms with Crippen LogP contribution in [0, 0.1) is 19.7 Å². The van der Waals surface area contributed by atoms with Gasteiger partial charge in [-0.1, -0.05) is 36.8 Å². The Morgan fingerprint density at radius 2 is 1.78 bits per heavy atom. The number of ether oxygens (including phenoxy) is 2. The molecule has 3 rings (SSSR count). The van der Waals surface area contributed by atoms with Crippen molar-refractivity contribution in [2.75, 3.05) is 0 Å². The summed E-state index contributed by atoms with van der Waals surface area (Å²) in [5.74, 6) is 1.33. The second-order valence-electron chi connectivity index (χ2n) is 9.29.